The van der Waals surface area contributed by atoms with Gasteiger partial charge in [-0.2, -0.15) is 0 Å². The van der Waals surface area contributed by atoms with Crippen molar-refractivity contribution in [1.29, 1.82) is 0 Å². The first-order valence-corrected chi connectivity index (χ1v) is 4.95. The minimum Gasteiger partial charge on any atom is -0.0651 e. The highest BCUT2D eigenvalue weighted by Crippen LogP contribution is 2.37. The van der Waals surface area contributed by atoms with Crippen LogP contribution in [0.25, 0.3) is 0 Å². The summed E-state index contributed by atoms with van der Waals surface area (Å²) in [5, 5.41) is 0. The van der Waals surface area contributed by atoms with Gasteiger partial charge in [0.15, 0.2) is 0 Å². The largest absolute Gasteiger partial charge is 0.0651 e. The fourth-order valence-corrected chi connectivity index (χ4v) is 2.19. The first kappa shape index (κ1) is 11.0. The highest BCUT2D eigenvalue weighted by molar-refractivity contribution is 4.78. The van der Waals surface area contributed by atoms with Crippen LogP contribution in [-0.2, 0) is 0 Å². The van der Waals surface area contributed by atoms with E-state index in [2.05, 4.69) is 41.5 Å². The predicted octanol–water partition coefficient (Wildman–Crippen LogP) is 4.10. The molecule has 0 aromatic heterocycles. The van der Waals surface area contributed by atoms with E-state index < -0.39 is 0 Å². The second kappa shape index (κ2) is 4.13. The van der Waals surface area contributed by atoms with Crippen LogP contribution in [0.2, 0.25) is 0 Å². The summed E-state index contributed by atoms with van der Waals surface area (Å²) < 4.78 is 0. The fraction of sp³-hybridized carbons (Fsp3) is 1.00. The molecule has 0 aliphatic rings. The Balaban J connectivity index is 4.23. The summed E-state index contributed by atoms with van der Waals surface area (Å²) in [5.74, 6) is 1.71. The molecule has 0 N–H and O–H groups in total. The molecule has 0 nitrogen and oxygen atoms in total. The Bertz CT molecular complexity index is 101. The summed E-state index contributed by atoms with van der Waals surface area (Å²) >= 11 is 0. The minimum atomic E-state index is 0.531. The van der Waals surface area contributed by atoms with Crippen LogP contribution in [-0.4, -0.2) is 0 Å². The van der Waals surface area contributed by atoms with Crippen LogP contribution in [0.3, 0.4) is 0 Å². The third-order valence-corrected chi connectivity index (χ3v) is 3.16. The summed E-state index contributed by atoms with van der Waals surface area (Å²) in [7, 11) is 0. The van der Waals surface area contributed by atoms with Gasteiger partial charge in [-0.05, 0) is 17.3 Å². The van der Waals surface area contributed by atoms with Crippen LogP contribution in [0.15, 0.2) is 0 Å². The summed E-state index contributed by atoms with van der Waals surface area (Å²) in [6, 6.07) is 0. The van der Waals surface area contributed by atoms with Crippen LogP contribution < -0.4 is 0 Å². The Labute approximate surface area is 72.4 Å². The highest BCUT2D eigenvalue weighted by atomic mass is 14.3. The van der Waals surface area contributed by atoms with E-state index in [4.69, 9.17) is 0 Å². The van der Waals surface area contributed by atoms with Crippen molar-refractivity contribution in [1.82, 2.24) is 0 Å². The van der Waals surface area contributed by atoms with Gasteiger partial charge in [-0.1, -0.05) is 54.4 Å². The Morgan fingerprint density at radius 3 is 1.64 bits per heavy atom. The molecule has 0 saturated heterocycles. The molecular formula is C11H24. The van der Waals surface area contributed by atoms with Crippen LogP contribution in [0.4, 0.5) is 0 Å². The first-order chi connectivity index (χ1) is 4.95. The maximum absolute atomic E-state index is 2.39. The molecule has 11 heavy (non-hydrogen) atoms. The third kappa shape index (κ3) is 2.84. The lowest BCUT2D eigenvalue weighted by Crippen LogP contribution is -2.26. The summed E-state index contributed by atoms with van der Waals surface area (Å²) in [4.78, 5) is 0. The molecule has 0 rings (SSSR count). The summed E-state index contributed by atoms with van der Waals surface area (Å²) in [5.41, 5.74) is 0.531. The Hall–Kier alpha value is 0. The van der Waals surface area contributed by atoms with Crippen molar-refractivity contribution >= 4 is 0 Å². The Morgan fingerprint density at radius 2 is 1.55 bits per heavy atom. The molecule has 0 spiro atoms. The van der Waals surface area contributed by atoms with Crippen LogP contribution in [0, 0.1) is 17.3 Å². The van der Waals surface area contributed by atoms with Gasteiger partial charge in [0.25, 0.3) is 0 Å². The number of hydrogen-bond acceptors (Lipinski definition) is 0. The molecule has 68 valence electrons. The Kier molecular flexibility index (Phi) is 4.13. The standard InChI is InChI=1S/C11H24/c1-7-10(9(3)4)11(5,6)8-2/h9-10H,7-8H2,1-6H3/t10-/m0/s1. The van der Waals surface area contributed by atoms with Crippen molar-refractivity contribution in [2.45, 2.75) is 54.4 Å². The maximum Gasteiger partial charge on any atom is -0.0326 e. The van der Waals surface area contributed by atoms with Gasteiger partial charge >= 0.3 is 0 Å². The lowest BCUT2D eigenvalue weighted by Gasteiger charge is -2.35. The maximum atomic E-state index is 2.39. The van der Waals surface area contributed by atoms with Crippen molar-refractivity contribution in [2.75, 3.05) is 0 Å². The van der Waals surface area contributed by atoms with Gasteiger partial charge in [-0.25, -0.2) is 0 Å². The topological polar surface area (TPSA) is 0 Å². The molecule has 0 amide bonds. The van der Waals surface area contributed by atoms with Gasteiger partial charge in [0.2, 0.25) is 0 Å². The van der Waals surface area contributed by atoms with E-state index >= 15 is 0 Å². The molecule has 0 heteroatoms. The number of rotatable bonds is 4. The van der Waals surface area contributed by atoms with E-state index in [0.29, 0.717) is 5.41 Å². The van der Waals surface area contributed by atoms with Crippen molar-refractivity contribution in [3.63, 3.8) is 0 Å². The second-order valence-corrected chi connectivity index (χ2v) is 4.60. The number of hydrogen-bond donors (Lipinski definition) is 0. The lowest BCUT2D eigenvalue weighted by molar-refractivity contribution is 0.145. The average Bonchev–Trinajstić information content (AvgIpc) is 1.88. The molecule has 0 fully saturated rings. The molecule has 0 aliphatic carbocycles. The van der Waals surface area contributed by atoms with E-state index in [1.54, 1.807) is 0 Å². The van der Waals surface area contributed by atoms with Gasteiger partial charge in [0.1, 0.15) is 0 Å². The first-order valence-electron chi connectivity index (χ1n) is 4.95. The van der Waals surface area contributed by atoms with E-state index in [1.807, 2.05) is 0 Å². The van der Waals surface area contributed by atoms with Gasteiger partial charge in [-0.3, -0.25) is 0 Å². The zero-order valence-electron chi connectivity index (χ0n) is 9.07. The molecule has 0 aliphatic heterocycles. The molecule has 0 heterocycles. The zero-order chi connectivity index (χ0) is 9.07. The smallest absolute Gasteiger partial charge is 0.0326 e. The molecule has 0 unspecified atom stereocenters. The highest BCUT2D eigenvalue weighted by Gasteiger charge is 2.28. The molecule has 0 radical (unpaired) electrons. The van der Waals surface area contributed by atoms with Gasteiger partial charge < -0.3 is 0 Å². The average molecular weight is 156 g/mol. The van der Waals surface area contributed by atoms with Gasteiger partial charge in [0, 0.05) is 0 Å². The van der Waals surface area contributed by atoms with Crippen LogP contribution >= 0.6 is 0 Å². The third-order valence-electron chi connectivity index (χ3n) is 3.16. The van der Waals surface area contributed by atoms with E-state index in [-0.39, 0.29) is 0 Å². The summed E-state index contributed by atoms with van der Waals surface area (Å²) in [6.45, 7) is 14.1. The molecule has 0 aromatic rings. The van der Waals surface area contributed by atoms with Crippen molar-refractivity contribution in [3.8, 4) is 0 Å². The lowest BCUT2D eigenvalue weighted by atomic mass is 9.70. The molecule has 0 bridgehead atoms. The SMILES string of the molecule is CC[C@@H](C(C)C)C(C)(C)CC. The van der Waals surface area contributed by atoms with Gasteiger partial charge in [-0.15, -0.1) is 0 Å². The molecular weight excluding hydrogens is 132 g/mol. The van der Waals surface area contributed by atoms with Gasteiger partial charge in [0.05, 0.1) is 0 Å². The van der Waals surface area contributed by atoms with Crippen molar-refractivity contribution < 1.29 is 0 Å². The fourth-order valence-electron chi connectivity index (χ4n) is 2.19. The molecule has 1 atom stereocenters. The quantitative estimate of drug-likeness (QED) is 0.574. The van der Waals surface area contributed by atoms with E-state index in [0.717, 1.165) is 11.8 Å². The molecule has 0 aromatic carbocycles. The monoisotopic (exact) mass is 156 g/mol. The normalized spacial score (nSPS) is 15.5. The van der Waals surface area contributed by atoms with E-state index in [1.165, 1.54) is 12.8 Å². The predicted molar refractivity (Wildman–Crippen MR) is 52.7 cm³/mol. The minimum absolute atomic E-state index is 0.531. The van der Waals surface area contributed by atoms with Crippen molar-refractivity contribution in [2.24, 2.45) is 17.3 Å². The zero-order valence-corrected chi connectivity index (χ0v) is 9.07. The van der Waals surface area contributed by atoms with Crippen molar-refractivity contribution in [3.05, 3.63) is 0 Å². The van der Waals surface area contributed by atoms with E-state index in [9.17, 15) is 0 Å². The molecule has 0 saturated carbocycles. The second-order valence-electron chi connectivity index (χ2n) is 4.60. The van der Waals surface area contributed by atoms with Crippen LogP contribution in [0.5, 0.6) is 0 Å². The summed E-state index contributed by atoms with van der Waals surface area (Å²) in [6.07, 6.45) is 2.61. The van der Waals surface area contributed by atoms with Crippen LogP contribution in [0.1, 0.15) is 54.4 Å². The Morgan fingerprint density at radius 1 is 1.09 bits per heavy atom.